The van der Waals surface area contributed by atoms with Gasteiger partial charge in [-0.15, -0.1) is 0 Å². The molecule has 1 aromatic rings. The summed E-state index contributed by atoms with van der Waals surface area (Å²) in [6, 6.07) is 5.08. The van der Waals surface area contributed by atoms with Gasteiger partial charge in [0.05, 0.1) is 0 Å². The van der Waals surface area contributed by atoms with E-state index in [2.05, 4.69) is 10.6 Å². The third-order valence-electron chi connectivity index (χ3n) is 2.25. The zero-order valence-corrected chi connectivity index (χ0v) is 10.2. The number of hydrogen-bond acceptors (Lipinski definition) is 3. The Hall–Kier alpha value is -1.91. The van der Waals surface area contributed by atoms with Crippen LogP contribution in [0.5, 0.6) is 11.5 Å². The Bertz CT molecular complexity index is 443. The Labute approximate surface area is 100 Å². The van der Waals surface area contributed by atoms with Crippen LogP contribution in [0.2, 0.25) is 0 Å². The summed E-state index contributed by atoms with van der Waals surface area (Å²) in [6.07, 6.45) is 0. The lowest BCUT2D eigenvalue weighted by molar-refractivity contribution is -0.0431. The van der Waals surface area contributed by atoms with Gasteiger partial charge in [0.2, 0.25) is 5.79 Å². The van der Waals surface area contributed by atoms with Crippen LogP contribution in [-0.4, -0.2) is 18.4 Å². The van der Waals surface area contributed by atoms with E-state index in [0.717, 1.165) is 0 Å². The van der Waals surface area contributed by atoms with Crippen molar-refractivity contribution < 1.29 is 14.3 Å². The zero-order chi connectivity index (χ0) is 12.5. The van der Waals surface area contributed by atoms with E-state index in [1.165, 1.54) is 0 Å². The predicted octanol–water partition coefficient (Wildman–Crippen LogP) is 2.34. The van der Waals surface area contributed by atoms with Crippen molar-refractivity contribution in [2.45, 2.75) is 26.6 Å². The van der Waals surface area contributed by atoms with Crippen molar-refractivity contribution in [3.63, 3.8) is 0 Å². The van der Waals surface area contributed by atoms with Crippen LogP contribution in [0.1, 0.15) is 20.8 Å². The molecule has 5 nitrogen and oxygen atoms in total. The molecule has 5 heteroatoms. The SMILES string of the molecule is CCNC(=O)Nc1ccc2c(c1)OC(C)(C)O2. The number of benzene rings is 1. The average Bonchev–Trinajstić information content (AvgIpc) is 2.51. The van der Waals surface area contributed by atoms with Gasteiger partial charge in [0, 0.05) is 32.1 Å². The lowest BCUT2D eigenvalue weighted by Gasteiger charge is -2.16. The molecule has 0 spiro atoms. The van der Waals surface area contributed by atoms with Crippen LogP contribution in [0.25, 0.3) is 0 Å². The van der Waals surface area contributed by atoms with Crippen LogP contribution < -0.4 is 20.1 Å². The van der Waals surface area contributed by atoms with E-state index in [1.54, 1.807) is 18.2 Å². The van der Waals surface area contributed by atoms with E-state index >= 15 is 0 Å². The summed E-state index contributed by atoms with van der Waals surface area (Å²) >= 11 is 0. The van der Waals surface area contributed by atoms with Gasteiger partial charge >= 0.3 is 6.03 Å². The minimum atomic E-state index is -0.646. The van der Waals surface area contributed by atoms with E-state index in [0.29, 0.717) is 23.7 Å². The summed E-state index contributed by atoms with van der Waals surface area (Å²) in [5, 5.41) is 5.37. The van der Waals surface area contributed by atoms with Crippen LogP contribution in [0.15, 0.2) is 18.2 Å². The molecule has 92 valence electrons. The summed E-state index contributed by atoms with van der Waals surface area (Å²) in [6.45, 7) is 6.12. The number of carbonyl (C=O) groups excluding carboxylic acids is 1. The number of urea groups is 1. The summed E-state index contributed by atoms with van der Waals surface area (Å²) in [5.41, 5.74) is 0.677. The summed E-state index contributed by atoms with van der Waals surface area (Å²) in [7, 11) is 0. The van der Waals surface area contributed by atoms with Gasteiger partial charge in [-0.25, -0.2) is 4.79 Å². The normalized spacial score (nSPS) is 15.5. The third kappa shape index (κ3) is 2.61. The monoisotopic (exact) mass is 236 g/mol. The quantitative estimate of drug-likeness (QED) is 0.828. The second-order valence-electron chi connectivity index (χ2n) is 4.25. The maximum Gasteiger partial charge on any atom is 0.319 e. The first-order chi connectivity index (χ1) is 8.00. The molecule has 0 radical (unpaired) electrons. The fraction of sp³-hybridized carbons (Fsp3) is 0.417. The number of rotatable bonds is 2. The molecular formula is C12H16N2O3. The number of ether oxygens (including phenoxy) is 2. The molecule has 17 heavy (non-hydrogen) atoms. The van der Waals surface area contributed by atoms with Gasteiger partial charge in [-0.3, -0.25) is 0 Å². The second-order valence-corrected chi connectivity index (χ2v) is 4.25. The van der Waals surface area contributed by atoms with E-state index in [4.69, 9.17) is 9.47 Å². The highest BCUT2D eigenvalue weighted by Crippen LogP contribution is 2.40. The third-order valence-corrected chi connectivity index (χ3v) is 2.25. The Morgan fingerprint density at radius 2 is 2.00 bits per heavy atom. The molecular weight excluding hydrogens is 220 g/mol. The highest BCUT2D eigenvalue weighted by atomic mass is 16.7. The summed E-state index contributed by atoms with van der Waals surface area (Å²) < 4.78 is 11.1. The Morgan fingerprint density at radius 1 is 1.29 bits per heavy atom. The Balaban J connectivity index is 2.11. The predicted molar refractivity (Wildman–Crippen MR) is 64.5 cm³/mol. The molecule has 0 atom stereocenters. The Morgan fingerprint density at radius 3 is 2.71 bits per heavy atom. The topological polar surface area (TPSA) is 59.6 Å². The average molecular weight is 236 g/mol. The van der Waals surface area contributed by atoms with Gasteiger partial charge in [0.15, 0.2) is 11.5 Å². The fourth-order valence-corrected chi connectivity index (χ4v) is 1.64. The van der Waals surface area contributed by atoms with Crippen LogP contribution in [0.4, 0.5) is 10.5 Å². The van der Waals surface area contributed by atoms with Crippen LogP contribution in [0, 0.1) is 0 Å². The molecule has 0 fully saturated rings. The van der Waals surface area contributed by atoms with Gasteiger partial charge in [0.1, 0.15) is 0 Å². The molecule has 0 bridgehead atoms. The molecule has 0 saturated carbocycles. The van der Waals surface area contributed by atoms with Crippen molar-refractivity contribution in [2.24, 2.45) is 0 Å². The second kappa shape index (κ2) is 4.16. The molecule has 0 saturated heterocycles. The highest BCUT2D eigenvalue weighted by molar-refractivity contribution is 5.89. The van der Waals surface area contributed by atoms with Crippen LogP contribution in [0.3, 0.4) is 0 Å². The smallest absolute Gasteiger partial charge is 0.319 e. The molecule has 2 amide bonds. The molecule has 1 aliphatic rings. The molecule has 1 aromatic carbocycles. The number of nitrogens with one attached hydrogen (secondary N) is 2. The highest BCUT2D eigenvalue weighted by Gasteiger charge is 2.31. The molecule has 0 unspecified atom stereocenters. The standard InChI is InChI=1S/C12H16N2O3/c1-4-13-11(15)14-8-5-6-9-10(7-8)17-12(2,3)16-9/h5-7H,4H2,1-3H3,(H2,13,14,15). The van der Waals surface area contributed by atoms with Gasteiger partial charge in [-0.1, -0.05) is 0 Å². The first-order valence-corrected chi connectivity index (χ1v) is 5.57. The minimum absolute atomic E-state index is 0.231. The maximum absolute atomic E-state index is 11.3. The number of hydrogen-bond donors (Lipinski definition) is 2. The summed E-state index contributed by atoms with van der Waals surface area (Å²) in [4.78, 5) is 11.3. The molecule has 0 aromatic heterocycles. The van der Waals surface area contributed by atoms with E-state index in [1.807, 2.05) is 20.8 Å². The van der Waals surface area contributed by atoms with Crippen molar-refractivity contribution in [1.82, 2.24) is 5.32 Å². The zero-order valence-electron chi connectivity index (χ0n) is 10.2. The molecule has 2 N–H and O–H groups in total. The van der Waals surface area contributed by atoms with E-state index < -0.39 is 5.79 Å². The fourth-order valence-electron chi connectivity index (χ4n) is 1.64. The first kappa shape index (κ1) is 11.6. The summed E-state index contributed by atoms with van der Waals surface area (Å²) in [5.74, 6) is 0.688. The Kier molecular flexibility index (Phi) is 2.83. The molecule has 2 rings (SSSR count). The van der Waals surface area contributed by atoms with Gasteiger partial charge in [0.25, 0.3) is 0 Å². The number of fused-ring (bicyclic) bond motifs is 1. The van der Waals surface area contributed by atoms with Crippen LogP contribution >= 0.6 is 0 Å². The largest absolute Gasteiger partial charge is 0.449 e. The number of carbonyl (C=O) groups is 1. The molecule has 1 aliphatic heterocycles. The minimum Gasteiger partial charge on any atom is -0.449 e. The van der Waals surface area contributed by atoms with Crippen molar-refractivity contribution in [2.75, 3.05) is 11.9 Å². The van der Waals surface area contributed by atoms with Crippen molar-refractivity contribution in [1.29, 1.82) is 0 Å². The van der Waals surface area contributed by atoms with Crippen molar-refractivity contribution in [3.05, 3.63) is 18.2 Å². The van der Waals surface area contributed by atoms with E-state index in [9.17, 15) is 4.79 Å². The van der Waals surface area contributed by atoms with Gasteiger partial charge < -0.3 is 20.1 Å². The van der Waals surface area contributed by atoms with E-state index in [-0.39, 0.29) is 6.03 Å². The van der Waals surface area contributed by atoms with Crippen molar-refractivity contribution >= 4 is 11.7 Å². The van der Waals surface area contributed by atoms with Crippen molar-refractivity contribution in [3.8, 4) is 11.5 Å². The van der Waals surface area contributed by atoms with Crippen LogP contribution in [-0.2, 0) is 0 Å². The van der Waals surface area contributed by atoms with Gasteiger partial charge in [-0.2, -0.15) is 0 Å². The lowest BCUT2D eigenvalue weighted by Crippen LogP contribution is -2.29. The lowest BCUT2D eigenvalue weighted by atomic mass is 10.3. The first-order valence-electron chi connectivity index (χ1n) is 5.57. The molecule has 1 heterocycles. The molecule has 0 aliphatic carbocycles. The number of anilines is 1. The van der Waals surface area contributed by atoms with Gasteiger partial charge in [-0.05, 0) is 19.1 Å². The maximum atomic E-state index is 11.3. The number of amides is 2.